The van der Waals surface area contributed by atoms with E-state index in [2.05, 4.69) is 15.4 Å². The predicted molar refractivity (Wildman–Crippen MR) is 183 cm³/mol. The van der Waals surface area contributed by atoms with Gasteiger partial charge in [0, 0.05) is 41.5 Å². The number of rotatable bonds is 6. The molecule has 1 radical (unpaired) electrons. The lowest BCUT2D eigenvalue weighted by atomic mass is 9.86. The molecule has 4 heterocycles. The van der Waals surface area contributed by atoms with Crippen LogP contribution in [0.25, 0.3) is 16.5 Å². The monoisotopic (exact) mass is 649 g/mol. The first-order valence-corrected chi connectivity index (χ1v) is 15.8. The molecule has 7 rings (SSSR count). The first-order valence-electron chi connectivity index (χ1n) is 15.8. The van der Waals surface area contributed by atoms with Crippen LogP contribution in [0.15, 0.2) is 94.9 Å². The number of ether oxygens (including phenoxy) is 1. The molecule has 3 aliphatic heterocycles. The fourth-order valence-corrected chi connectivity index (χ4v) is 6.15. The van der Waals surface area contributed by atoms with Gasteiger partial charge in [0.2, 0.25) is 6.67 Å². The highest BCUT2D eigenvalue weighted by Crippen LogP contribution is 2.31. The number of benzene rings is 3. The molecule has 1 amide bonds. The van der Waals surface area contributed by atoms with E-state index in [-0.39, 0.29) is 16.7 Å². The van der Waals surface area contributed by atoms with E-state index in [1.165, 1.54) is 12.3 Å². The molecule has 1 saturated heterocycles. The number of aromatic nitrogens is 2. The lowest BCUT2D eigenvalue weighted by Crippen LogP contribution is -2.46. The number of aliphatic imine (C=N–C) groups is 1. The molecule has 4 aromatic rings. The predicted octanol–water partition coefficient (Wildman–Crippen LogP) is 4.54. The Labute approximate surface area is 276 Å². The first kappa shape index (κ1) is 31.4. The second kappa shape index (κ2) is 12.5. The first-order chi connectivity index (χ1) is 23.1. The summed E-state index contributed by atoms with van der Waals surface area (Å²) < 4.78 is 21.9. The number of hydrogen-bond acceptors (Lipinski definition) is 9. The molecule has 0 saturated carbocycles. The van der Waals surface area contributed by atoms with Crippen LogP contribution in [0.2, 0.25) is 0 Å². The maximum Gasteiger partial charge on any atom is 0.308 e. The second-order valence-electron chi connectivity index (χ2n) is 12.9. The topological polar surface area (TPSA) is 118 Å². The molecule has 48 heavy (non-hydrogen) atoms. The Bertz CT molecular complexity index is 2060. The van der Waals surface area contributed by atoms with E-state index < -0.39 is 18.0 Å². The Kier molecular flexibility index (Phi) is 8.15. The Morgan fingerprint density at radius 2 is 1.83 bits per heavy atom. The average molecular weight is 650 g/mol. The van der Waals surface area contributed by atoms with Crippen molar-refractivity contribution in [3.8, 4) is 5.69 Å². The number of aliphatic hydroxyl groups excluding tert-OH is 1. The Balaban J connectivity index is 1.22. The van der Waals surface area contributed by atoms with Gasteiger partial charge in [0.15, 0.2) is 6.20 Å². The highest BCUT2D eigenvalue weighted by Gasteiger charge is 2.37. The summed E-state index contributed by atoms with van der Waals surface area (Å²) in [5.74, 6) is 0.0669. The van der Waals surface area contributed by atoms with Crippen molar-refractivity contribution in [2.24, 2.45) is 4.99 Å². The lowest BCUT2D eigenvalue weighted by Gasteiger charge is -2.28. The third-order valence-corrected chi connectivity index (χ3v) is 8.78. The van der Waals surface area contributed by atoms with E-state index in [0.717, 1.165) is 15.9 Å². The van der Waals surface area contributed by atoms with Gasteiger partial charge in [-0.2, -0.15) is 14.8 Å². The van der Waals surface area contributed by atoms with Crippen molar-refractivity contribution in [3.63, 3.8) is 0 Å². The van der Waals surface area contributed by atoms with E-state index in [1.54, 1.807) is 41.4 Å². The molecule has 0 spiro atoms. The molecule has 11 nitrogen and oxygen atoms in total. The number of fused-ring (bicyclic) bond motifs is 2. The number of amidine groups is 1. The minimum atomic E-state index is -0.610. The van der Waals surface area contributed by atoms with Crippen LogP contribution in [0.3, 0.4) is 0 Å². The van der Waals surface area contributed by atoms with Crippen LogP contribution in [0, 0.1) is 5.82 Å². The SMILES string of the molecule is CC(C)(C)c1cc(F)c2c(=O)n(-c3cccc(N4C=C(Nc5ccc(C(=O)N6CCOCC6)cc5)C5=NC=C[N+]5C4)c3CO)ncc2c1. The quantitative estimate of drug-likeness (QED) is 0.295. The Morgan fingerprint density at radius 1 is 1.08 bits per heavy atom. The minimum absolute atomic E-state index is 0.0303. The molecule has 3 aliphatic rings. The fourth-order valence-electron chi connectivity index (χ4n) is 6.15. The molecular weight excluding hydrogens is 613 g/mol. The second-order valence-corrected chi connectivity index (χ2v) is 12.9. The van der Waals surface area contributed by atoms with Gasteiger partial charge in [-0.15, -0.1) is 0 Å². The van der Waals surface area contributed by atoms with Crippen LogP contribution in [0.5, 0.6) is 0 Å². The van der Waals surface area contributed by atoms with E-state index in [1.807, 2.05) is 61.2 Å². The molecule has 0 bridgehead atoms. The molecule has 12 heteroatoms. The summed E-state index contributed by atoms with van der Waals surface area (Å²) in [5.41, 5.74) is 3.32. The van der Waals surface area contributed by atoms with Crippen LogP contribution >= 0.6 is 0 Å². The summed E-state index contributed by atoms with van der Waals surface area (Å²) >= 11 is 0. The van der Waals surface area contributed by atoms with Crippen molar-refractivity contribution in [1.29, 1.82) is 0 Å². The number of nitrogens with one attached hydrogen (secondary N) is 1. The van der Waals surface area contributed by atoms with Gasteiger partial charge in [0.25, 0.3) is 11.5 Å². The Hall–Kier alpha value is -5.17. The zero-order valence-electron chi connectivity index (χ0n) is 27.0. The largest absolute Gasteiger partial charge is 0.392 e. The van der Waals surface area contributed by atoms with E-state index >= 15 is 4.39 Å². The molecule has 1 aromatic heterocycles. The molecule has 0 atom stereocenters. The maximum absolute atomic E-state index is 15.4. The van der Waals surface area contributed by atoms with Crippen molar-refractivity contribution in [2.45, 2.75) is 32.8 Å². The van der Waals surface area contributed by atoms with Crippen LogP contribution < -0.4 is 20.7 Å². The number of hydrogen-bond donors (Lipinski definition) is 2. The number of aliphatic hydroxyl groups is 1. The zero-order valence-corrected chi connectivity index (χ0v) is 27.0. The smallest absolute Gasteiger partial charge is 0.308 e. The lowest BCUT2D eigenvalue weighted by molar-refractivity contribution is 0.0303. The molecule has 1 fully saturated rings. The molecule has 2 N–H and O–H groups in total. The van der Waals surface area contributed by atoms with E-state index in [0.29, 0.717) is 72.4 Å². The summed E-state index contributed by atoms with van der Waals surface area (Å²) in [5, 5.41) is 18.9. The molecule has 0 unspecified atom stereocenters. The molecule has 0 aliphatic carbocycles. The fraction of sp³-hybridized carbons (Fsp3) is 0.278. The van der Waals surface area contributed by atoms with Crippen molar-refractivity contribution in [3.05, 3.63) is 118 Å². The number of halogens is 1. The van der Waals surface area contributed by atoms with Gasteiger partial charge in [-0.05, 0) is 59.5 Å². The summed E-state index contributed by atoms with van der Waals surface area (Å²) in [6.07, 6.45) is 6.94. The number of morpholine rings is 1. The van der Waals surface area contributed by atoms with Crippen molar-refractivity contribution in [2.75, 3.05) is 43.2 Å². The van der Waals surface area contributed by atoms with Crippen LogP contribution in [-0.2, 0) is 16.8 Å². The average Bonchev–Trinajstić information content (AvgIpc) is 3.57. The van der Waals surface area contributed by atoms with Gasteiger partial charge in [-0.25, -0.2) is 4.39 Å². The van der Waals surface area contributed by atoms with Crippen molar-refractivity contribution >= 4 is 33.9 Å². The van der Waals surface area contributed by atoms with Crippen LogP contribution in [0.4, 0.5) is 15.8 Å². The van der Waals surface area contributed by atoms with Gasteiger partial charge in [0.1, 0.15) is 11.5 Å². The van der Waals surface area contributed by atoms with Gasteiger partial charge in [-0.3, -0.25) is 14.5 Å². The third kappa shape index (κ3) is 5.78. The Morgan fingerprint density at radius 3 is 2.56 bits per heavy atom. The molecule has 3 aromatic carbocycles. The highest BCUT2D eigenvalue weighted by molar-refractivity contribution is 6.06. The summed E-state index contributed by atoms with van der Waals surface area (Å²) in [7, 11) is 0. The summed E-state index contributed by atoms with van der Waals surface area (Å²) in [6, 6.07) is 15.8. The summed E-state index contributed by atoms with van der Waals surface area (Å²) in [4.78, 5) is 36.9. The zero-order chi connectivity index (χ0) is 33.6. The van der Waals surface area contributed by atoms with E-state index in [4.69, 9.17) is 4.74 Å². The van der Waals surface area contributed by atoms with E-state index in [9.17, 15) is 14.7 Å². The number of amides is 1. The van der Waals surface area contributed by atoms with Crippen molar-refractivity contribution in [1.82, 2.24) is 19.6 Å². The van der Waals surface area contributed by atoms with Crippen molar-refractivity contribution < 1.29 is 19.0 Å². The normalized spacial score (nSPS) is 16.6. The minimum Gasteiger partial charge on any atom is -0.392 e. The molecule has 245 valence electrons. The highest BCUT2D eigenvalue weighted by atomic mass is 19.1. The standard InChI is InChI=1S/C36H36FN7O4/c1-36(2,3)25-17-24-19-39-44(35(47)32(24)28(37)18-25)31-6-4-5-30(27(31)21-45)43-20-29(33-38-11-12-42(33)22-43)40-26-9-7-23(8-10-26)34(46)41-13-15-48-16-14-41/h4-12,17-20,40,45H,13-16,21-22H2,1-3H3/q+1. The summed E-state index contributed by atoms with van der Waals surface area (Å²) in [6.45, 7) is 8.15. The van der Waals surface area contributed by atoms with Gasteiger partial charge in [-0.1, -0.05) is 31.7 Å². The van der Waals surface area contributed by atoms with Gasteiger partial charge >= 0.3 is 5.84 Å². The number of nitrogens with zero attached hydrogens (tertiary/aromatic N) is 6. The van der Waals surface area contributed by atoms with Crippen LogP contribution in [-0.4, -0.2) is 64.5 Å². The number of anilines is 2. The van der Waals surface area contributed by atoms with Crippen LogP contribution in [0.1, 0.15) is 42.3 Å². The molecular formula is C36H36FN7O4+. The number of carbonyl (C=O) groups excluding carboxylic acids is 1. The number of carbonyl (C=O) groups is 1. The maximum atomic E-state index is 15.4. The third-order valence-electron chi connectivity index (χ3n) is 8.78. The van der Waals surface area contributed by atoms with Gasteiger partial charge < -0.3 is 20.1 Å². The van der Waals surface area contributed by atoms with Gasteiger partial charge in [0.05, 0.1) is 49.0 Å².